The average Bonchev–Trinajstić information content (AvgIpc) is 3.10. The minimum absolute atomic E-state index is 0.132. The van der Waals surface area contributed by atoms with Crippen molar-refractivity contribution in [3.63, 3.8) is 0 Å². The van der Waals surface area contributed by atoms with Crippen LogP contribution in [0.15, 0.2) is 71.4 Å². The number of benzene rings is 2. The van der Waals surface area contributed by atoms with E-state index in [1.54, 1.807) is 12.1 Å². The van der Waals surface area contributed by atoms with Crippen LogP contribution in [0.2, 0.25) is 0 Å². The Morgan fingerprint density at radius 2 is 2.03 bits per heavy atom. The van der Waals surface area contributed by atoms with E-state index in [9.17, 15) is 9.90 Å². The third kappa shape index (κ3) is 5.11. The van der Waals surface area contributed by atoms with E-state index in [0.717, 1.165) is 17.0 Å². The summed E-state index contributed by atoms with van der Waals surface area (Å²) in [7, 11) is 1.86. The molecule has 3 rings (SSSR count). The summed E-state index contributed by atoms with van der Waals surface area (Å²) in [4.78, 5) is 12.1. The number of thioether (sulfide) groups is 1. The number of aromatic nitrogens is 3. The fourth-order valence-corrected chi connectivity index (χ4v) is 3.35. The molecule has 0 aliphatic heterocycles. The van der Waals surface area contributed by atoms with Gasteiger partial charge in [0.1, 0.15) is 5.75 Å². The predicted molar refractivity (Wildman–Crippen MR) is 115 cm³/mol. The first-order valence-electron chi connectivity index (χ1n) is 8.91. The van der Waals surface area contributed by atoms with Gasteiger partial charge in [0, 0.05) is 18.2 Å². The summed E-state index contributed by atoms with van der Waals surface area (Å²) in [6.07, 6.45) is 3.68. The Morgan fingerprint density at radius 3 is 2.79 bits per heavy atom. The molecule has 0 spiro atoms. The molecule has 7 nitrogen and oxygen atoms in total. The van der Waals surface area contributed by atoms with Gasteiger partial charge in [-0.15, -0.1) is 16.8 Å². The number of phenols is 1. The van der Waals surface area contributed by atoms with Crippen molar-refractivity contribution in [3.8, 4) is 17.1 Å². The SMILES string of the molecule is C=CCc1cccc(/C=N\NC(=O)CSc2nnc(-c3ccccc3)n2C)c1O. The smallest absolute Gasteiger partial charge is 0.250 e. The van der Waals surface area contributed by atoms with Gasteiger partial charge in [-0.3, -0.25) is 4.79 Å². The fraction of sp³-hybridized carbons (Fsp3) is 0.143. The van der Waals surface area contributed by atoms with Crippen LogP contribution in [0, 0.1) is 0 Å². The van der Waals surface area contributed by atoms with Crippen LogP contribution in [0.1, 0.15) is 11.1 Å². The zero-order chi connectivity index (χ0) is 20.6. The number of carbonyl (C=O) groups is 1. The molecular weight excluding hydrogens is 386 g/mol. The Morgan fingerprint density at radius 1 is 1.24 bits per heavy atom. The van der Waals surface area contributed by atoms with E-state index < -0.39 is 0 Å². The second-order valence-corrected chi connectivity index (χ2v) is 7.10. The Bertz CT molecular complexity index is 1030. The van der Waals surface area contributed by atoms with E-state index >= 15 is 0 Å². The third-order valence-corrected chi connectivity index (χ3v) is 5.13. The molecule has 0 bridgehead atoms. The number of hydrazone groups is 1. The number of para-hydroxylation sites is 1. The largest absolute Gasteiger partial charge is 0.507 e. The number of aromatic hydroxyl groups is 1. The van der Waals surface area contributed by atoms with Gasteiger partial charge in [0.25, 0.3) is 5.91 Å². The van der Waals surface area contributed by atoms with Crippen molar-refractivity contribution >= 4 is 23.9 Å². The Hall–Kier alpha value is -3.39. The molecule has 1 amide bonds. The quantitative estimate of drug-likeness (QED) is 0.259. The fourth-order valence-electron chi connectivity index (χ4n) is 2.65. The van der Waals surface area contributed by atoms with Crippen LogP contribution < -0.4 is 5.43 Å². The van der Waals surface area contributed by atoms with Gasteiger partial charge in [-0.25, -0.2) is 5.43 Å². The number of hydrogen-bond acceptors (Lipinski definition) is 6. The highest BCUT2D eigenvalue weighted by atomic mass is 32.2. The van der Waals surface area contributed by atoms with Crippen LogP contribution in [0.25, 0.3) is 11.4 Å². The number of allylic oxidation sites excluding steroid dienone is 1. The second-order valence-electron chi connectivity index (χ2n) is 6.16. The van der Waals surface area contributed by atoms with Gasteiger partial charge in [0.2, 0.25) is 0 Å². The number of rotatable bonds is 8. The van der Waals surface area contributed by atoms with Crippen LogP contribution in [0.4, 0.5) is 0 Å². The number of hydrogen-bond donors (Lipinski definition) is 2. The lowest BCUT2D eigenvalue weighted by molar-refractivity contribution is -0.118. The molecule has 0 fully saturated rings. The average molecular weight is 407 g/mol. The topological polar surface area (TPSA) is 92.4 Å². The van der Waals surface area contributed by atoms with Crippen molar-refractivity contribution in [2.45, 2.75) is 11.6 Å². The van der Waals surface area contributed by atoms with E-state index in [1.807, 2.05) is 54.1 Å². The van der Waals surface area contributed by atoms with Crippen molar-refractivity contribution < 1.29 is 9.90 Å². The van der Waals surface area contributed by atoms with Gasteiger partial charge in [-0.2, -0.15) is 5.10 Å². The molecule has 1 aromatic heterocycles. The maximum atomic E-state index is 12.1. The summed E-state index contributed by atoms with van der Waals surface area (Å²) >= 11 is 1.27. The van der Waals surface area contributed by atoms with E-state index in [1.165, 1.54) is 18.0 Å². The van der Waals surface area contributed by atoms with Crippen LogP contribution >= 0.6 is 11.8 Å². The Balaban J connectivity index is 1.56. The molecule has 0 aliphatic rings. The highest BCUT2D eigenvalue weighted by molar-refractivity contribution is 7.99. The number of carbonyl (C=O) groups excluding carboxylic acids is 1. The van der Waals surface area contributed by atoms with Gasteiger partial charge >= 0.3 is 0 Å². The van der Waals surface area contributed by atoms with Crippen LogP contribution in [0.3, 0.4) is 0 Å². The molecule has 29 heavy (non-hydrogen) atoms. The minimum Gasteiger partial charge on any atom is -0.507 e. The van der Waals surface area contributed by atoms with Gasteiger partial charge in [0.15, 0.2) is 11.0 Å². The monoisotopic (exact) mass is 407 g/mol. The predicted octanol–water partition coefficient (Wildman–Crippen LogP) is 3.16. The van der Waals surface area contributed by atoms with Crippen LogP contribution in [-0.4, -0.2) is 37.7 Å². The molecule has 2 N–H and O–H groups in total. The molecule has 0 aliphatic carbocycles. The molecule has 0 atom stereocenters. The van der Waals surface area contributed by atoms with Crippen molar-refractivity contribution in [2.75, 3.05) is 5.75 Å². The maximum Gasteiger partial charge on any atom is 0.250 e. The number of amides is 1. The van der Waals surface area contributed by atoms with E-state index in [-0.39, 0.29) is 17.4 Å². The summed E-state index contributed by atoms with van der Waals surface area (Å²) in [5, 5.41) is 23.1. The lowest BCUT2D eigenvalue weighted by Crippen LogP contribution is -2.20. The zero-order valence-corrected chi connectivity index (χ0v) is 16.8. The van der Waals surface area contributed by atoms with Crippen LogP contribution in [-0.2, 0) is 18.3 Å². The lowest BCUT2D eigenvalue weighted by atomic mass is 10.1. The van der Waals surface area contributed by atoms with Gasteiger partial charge in [-0.1, -0.05) is 60.3 Å². The first kappa shape index (κ1) is 20.3. The normalized spacial score (nSPS) is 10.9. The first-order valence-corrected chi connectivity index (χ1v) is 9.90. The summed E-state index contributed by atoms with van der Waals surface area (Å²) in [5.41, 5.74) is 4.70. The highest BCUT2D eigenvalue weighted by Crippen LogP contribution is 2.23. The number of nitrogens with one attached hydrogen (secondary N) is 1. The first-order chi connectivity index (χ1) is 14.1. The molecule has 148 valence electrons. The lowest BCUT2D eigenvalue weighted by Gasteiger charge is -2.05. The molecule has 0 unspecified atom stereocenters. The van der Waals surface area contributed by atoms with E-state index in [2.05, 4.69) is 27.3 Å². The highest BCUT2D eigenvalue weighted by Gasteiger charge is 2.12. The summed E-state index contributed by atoms with van der Waals surface area (Å²) in [6, 6.07) is 15.1. The molecule has 0 radical (unpaired) electrons. The number of phenolic OH excluding ortho intramolecular Hbond substituents is 1. The molecule has 0 saturated heterocycles. The standard InChI is InChI=1S/C21H21N5O2S/c1-3-8-15-11-7-12-17(19(15)28)13-22-23-18(27)14-29-21-25-24-20(26(21)2)16-9-5-4-6-10-16/h3-7,9-13,28H,1,8,14H2,2H3,(H,23,27)/b22-13-. The van der Waals surface area contributed by atoms with Gasteiger partial charge < -0.3 is 9.67 Å². The maximum absolute atomic E-state index is 12.1. The molecular formula is C21H21N5O2S. The molecule has 2 aromatic carbocycles. The molecule has 3 aromatic rings. The molecule has 8 heteroatoms. The van der Waals surface area contributed by atoms with E-state index in [4.69, 9.17) is 0 Å². The molecule has 0 saturated carbocycles. The van der Waals surface area contributed by atoms with Crippen molar-refractivity contribution in [2.24, 2.45) is 12.1 Å². The van der Waals surface area contributed by atoms with Crippen molar-refractivity contribution in [1.82, 2.24) is 20.2 Å². The zero-order valence-electron chi connectivity index (χ0n) is 15.9. The molecule has 1 heterocycles. The van der Waals surface area contributed by atoms with Crippen molar-refractivity contribution in [3.05, 3.63) is 72.3 Å². The van der Waals surface area contributed by atoms with Gasteiger partial charge in [-0.05, 0) is 18.1 Å². The minimum atomic E-state index is -0.280. The summed E-state index contributed by atoms with van der Waals surface area (Å²) < 4.78 is 1.85. The van der Waals surface area contributed by atoms with Crippen LogP contribution in [0.5, 0.6) is 5.75 Å². The second kappa shape index (κ2) is 9.70. The van der Waals surface area contributed by atoms with E-state index in [0.29, 0.717) is 17.1 Å². The number of nitrogens with zero attached hydrogens (tertiary/aromatic N) is 4. The summed E-state index contributed by atoms with van der Waals surface area (Å²) in [6.45, 7) is 3.67. The van der Waals surface area contributed by atoms with Gasteiger partial charge in [0.05, 0.1) is 12.0 Å². The van der Waals surface area contributed by atoms with Crippen molar-refractivity contribution in [1.29, 1.82) is 0 Å². The Labute approximate surface area is 173 Å². The Kier molecular flexibility index (Phi) is 6.80. The third-order valence-electron chi connectivity index (χ3n) is 4.11. The summed E-state index contributed by atoms with van der Waals surface area (Å²) in [5.74, 6) is 0.728.